The summed E-state index contributed by atoms with van der Waals surface area (Å²) in [5, 5.41) is 8.53. The van der Waals surface area contributed by atoms with Crippen LogP contribution in [0, 0.1) is 0 Å². The van der Waals surface area contributed by atoms with E-state index in [1.807, 2.05) is 24.3 Å². The number of hydrogen-bond acceptors (Lipinski definition) is 4. The van der Waals surface area contributed by atoms with Gasteiger partial charge in [0.25, 0.3) is 0 Å². The van der Waals surface area contributed by atoms with E-state index >= 15 is 0 Å². The zero-order valence-electron chi connectivity index (χ0n) is 10.8. The smallest absolute Gasteiger partial charge is 0.376 e. The van der Waals surface area contributed by atoms with Crippen LogP contribution in [0.4, 0.5) is 0 Å². The average Bonchev–Trinajstić information content (AvgIpc) is 2.74. The van der Waals surface area contributed by atoms with Crippen LogP contribution in [0.1, 0.15) is 28.9 Å². The van der Waals surface area contributed by atoms with E-state index < -0.39 is 5.97 Å². The number of rotatable bonds is 4. The van der Waals surface area contributed by atoms with E-state index in [-0.39, 0.29) is 5.82 Å². The molecule has 2 aromatic rings. The Bertz CT molecular complexity index is 595. The molecule has 1 aromatic heterocycles. The molecule has 0 amide bonds. The van der Waals surface area contributed by atoms with Crippen LogP contribution in [0.5, 0.6) is 0 Å². The SMILES string of the molecule is CCOC(=O)c1nnc(Cc2ccccc2Cl)n1C. The molecule has 0 fully saturated rings. The number of hydrogen-bond donors (Lipinski definition) is 0. The minimum Gasteiger partial charge on any atom is -0.460 e. The molecule has 0 atom stereocenters. The number of ether oxygens (including phenoxy) is 1. The molecule has 2 rings (SSSR count). The molecule has 5 nitrogen and oxygen atoms in total. The van der Waals surface area contributed by atoms with Crippen LogP contribution < -0.4 is 0 Å². The second kappa shape index (κ2) is 5.84. The van der Waals surface area contributed by atoms with Crippen molar-refractivity contribution in [2.24, 2.45) is 7.05 Å². The van der Waals surface area contributed by atoms with E-state index in [0.29, 0.717) is 23.9 Å². The first-order valence-corrected chi connectivity index (χ1v) is 6.30. The van der Waals surface area contributed by atoms with Gasteiger partial charge in [-0.2, -0.15) is 0 Å². The third kappa shape index (κ3) is 2.93. The van der Waals surface area contributed by atoms with Crippen molar-refractivity contribution in [3.63, 3.8) is 0 Å². The summed E-state index contributed by atoms with van der Waals surface area (Å²) in [4.78, 5) is 11.6. The molecule has 1 aromatic carbocycles. The van der Waals surface area contributed by atoms with Gasteiger partial charge < -0.3 is 9.30 Å². The maximum Gasteiger partial charge on any atom is 0.376 e. The molecule has 0 saturated heterocycles. The van der Waals surface area contributed by atoms with Gasteiger partial charge in [-0.1, -0.05) is 29.8 Å². The molecule has 100 valence electrons. The second-order valence-electron chi connectivity index (χ2n) is 3.99. The van der Waals surface area contributed by atoms with Crippen molar-refractivity contribution in [2.45, 2.75) is 13.3 Å². The first-order valence-electron chi connectivity index (χ1n) is 5.92. The van der Waals surface area contributed by atoms with Crippen LogP contribution in [-0.4, -0.2) is 27.3 Å². The largest absolute Gasteiger partial charge is 0.460 e. The Morgan fingerprint density at radius 3 is 2.79 bits per heavy atom. The zero-order valence-corrected chi connectivity index (χ0v) is 11.5. The Hall–Kier alpha value is -1.88. The van der Waals surface area contributed by atoms with Crippen molar-refractivity contribution in [2.75, 3.05) is 6.61 Å². The molecule has 0 saturated carbocycles. The Morgan fingerprint density at radius 1 is 1.37 bits per heavy atom. The highest BCUT2D eigenvalue weighted by atomic mass is 35.5. The molecule has 0 unspecified atom stereocenters. The number of carbonyl (C=O) groups is 1. The summed E-state index contributed by atoms with van der Waals surface area (Å²) in [5.41, 5.74) is 0.940. The maximum atomic E-state index is 11.6. The van der Waals surface area contributed by atoms with Crippen LogP contribution in [-0.2, 0) is 18.2 Å². The molecule has 0 aliphatic rings. The van der Waals surface area contributed by atoms with Crippen molar-refractivity contribution in [1.29, 1.82) is 0 Å². The van der Waals surface area contributed by atoms with Crippen LogP contribution in [0.15, 0.2) is 24.3 Å². The summed E-state index contributed by atoms with van der Waals surface area (Å²) < 4.78 is 6.53. The number of halogens is 1. The molecule has 0 aliphatic heterocycles. The minimum absolute atomic E-state index is 0.198. The summed E-state index contributed by atoms with van der Waals surface area (Å²) in [6.45, 7) is 2.06. The normalized spacial score (nSPS) is 10.5. The van der Waals surface area contributed by atoms with Gasteiger partial charge in [0.1, 0.15) is 5.82 Å². The molecule has 0 aliphatic carbocycles. The fraction of sp³-hybridized carbons (Fsp3) is 0.308. The van der Waals surface area contributed by atoms with Gasteiger partial charge in [-0.25, -0.2) is 4.79 Å². The lowest BCUT2D eigenvalue weighted by molar-refractivity contribution is 0.0507. The van der Waals surface area contributed by atoms with Gasteiger partial charge in [0.2, 0.25) is 5.82 Å². The minimum atomic E-state index is -0.470. The lowest BCUT2D eigenvalue weighted by Crippen LogP contribution is -2.12. The van der Waals surface area contributed by atoms with E-state index in [1.54, 1.807) is 18.5 Å². The molecule has 6 heteroatoms. The van der Waals surface area contributed by atoms with Crippen LogP contribution in [0.3, 0.4) is 0 Å². The highest BCUT2D eigenvalue weighted by molar-refractivity contribution is 6.31. The topological polar surface area (TPSA) is 57.0 Å². The van der Waals surface area contributed by atoms with Crippen molar-refractivity contribution in [3.8, 4) is 0 Å². The van der Waals surface area contributed by atoms with Crippen LogP contribution in [0.2, 0.25) is 5.02 Å². The summed E-state index contributed by atoms with van der Waals surface area (Å²) in [6, 6.07) is 7.51. The predicted molar refractivity (Wildman–Crippen MR) is 71.2 cm³/mol. The van der Waals surface area contributed by atoms with Crippen LogP contribution >= 0.6 is 11.6 Å². The molecule has 19 heavy (non-hydrogen) atoms. The Kier molecular flexibility index (Phi) is 4.16. The molecule has 0 radical (unpaired) electrons. The fourth-order valence-electron chi connectivity index (χ4n) is 1.70. The van der Waals surface area contributed by atoms with E-state index in [4.69, 9.17) is 16.3 Å². The Labute approximate surface area is 116 Å². The summed E-state index contributed by atoms with van der Waals surface area (Å²) in [5.74, 6) is 0.392. The van der Waals surface area contributed by atoms with E-state index in [2.05, 4.69) is 10.2 Å². The summed E-state index contributed by atoms with van der Waals surface area (Å²) in [7, 11) is 1.73. The van der Waals surface area contributed by atoms with Crippen molar-refractivity contribution in [1.82, 2.24) is 14.8 Å². The number of nitrogens with zero attached hydrogens (tertiary/aromatic N) is 3. The van der Waals surface area contributed by atoms with Crippen LogP contribution in [0.25, 0.3) is 0 Å². The van der Waals surface area contributed by atoms with Gasteiger partial charge in [0.05, 0.1) is 6.61 Å². The molecule has 0 N–H and O–H groups in total. The maximum absolute atomic E-state index is 11.6. The highest BCUT2D eigenvalue weighted by Gasteiger charge is 2.17. The van der Waals surface area contributed by atoms with Crippen molar-refractivity contribution < 1.29 is 9.53 Å². The third-order valence-electron chi connectivity index (χ3n) is 2.73. The van der Waals surface area contributed by atoms with Gasteiger partial charge in [-0.05, 0) is 18.6 Å². The Balaban J connectivity index is 2.23. The lowest BCUT2D eigenvalue weighted by atomic mass is 10.1. The number of carbonyl (C=O) groups excluding carboxylic acids is 1. The van der Waals surface area contributed by atoms with Gasteiger partial charge in [-0.15, -0.1) is 10.2 Å². The Morgan fingerprint density at radius 2 is 2.11 bits per heavy atom. The number of esters is 1. The fourth-order valence-corrected chi connectivity index (χ4v) is 1.90. The van der Waals surface area contributed by atoms with Gasteiger partial charge in [0, 0.05) is 18.5 Å². The van der Waals surface area contributed by atoms with Crippen molar-refractivity contribution >= 4 is 17.6 Å². The van der Waals surface area contributed by atoms with Crippen molar-refractivity contribution in [3.05, 3.63) is 46.5 Å². The third-order valence-corrected chi connectivity index (χ3v) is 3.10. The standard InChI is InChI=1S/C13H14ClN3O2/c1-3-19-13(18)12-16-15-11(17(12)2)8-9-6-4-5-7-10(9)14/h4-7H,3,8H2,1-2H3. The second-order valence-corrected chi connectivity index (χ2v) is 4.39. The van der Waals surface area contributed by atoms with Gasteiger partial charge >= 0.3 is 5.97 Å². The molecular formula is C13H14ClN3O2. The summed E-state index contributed by atoms with van der Waals surface area (Å²) in [6.07, 6.45) is 0.516. The molecule has 0 bridgehead atoms. The first-order chi connectivity index (χ1) is 9.13. The average molecular weight is 280 g/mol. The van der Waals surface area contributed by atoms with Gasteiger partial charge in [0.15, 0.2) is 0 Å². The van der Waals surface area contributed by atoms with E-state index in [0.717, 1.165) is 5.56 Å². The summed E-state index contributed by atoms with van der Waals surface area (Å²) >= 11 is 6.10. The molecule has 1 heterocycles. The number of benzene rings is 1. The van der Waals surface area contributed by atoms with Gasteiger partial charge in [-0.3, -0.25) is 0 Å². The zero-order chi connectivity index (χ0) is 13.8. The monoisotopic (exact) mass is 279 g/mol. The quantitative estimate of drug-likeness (QED) is 0.806. The van der Waals surface area contributed by atoms with E-state index in [1.165, 1.54) is 0 Å². The van der Waals surface area contributed by atoms with E-state index in [9.17, 15) is 4.79 Å². The lowest BCUT2D eigenvalue weighted by Gasteiger charge is -2.05. The number of aromatic nitrogens is 3. The first kappa shape index (κ1) is 13.5. The molecular weight excluding hydrogens is 266 g/mol. The predicted octanol–water partition coefficient (Wildman–Crippen LogP) is 2.24. The highest BCUT2D eigenvalue weighted by Crippen LogP contribution is 2.18. The molecule has 0 spiro atoms.